The Labute approximate surface area is 136 Å². The molecule has 0 bridgehead atoms. The second kappa shape index (κ2) is 7.42. The van der Waals surface area contributed by atoms with Crippen LogP contribution in [0.1, 0.15) is 11.9 Å². The van der Waals surface area contributed by atoms with Gasteiger partial charge in [-0.05, 0) is 25.1 Å². The van der Waals surface area contributed by atoms with E-state index in [9.17, 15) is 9.59 Å². The predicted molar refractivity (Wildman–Crippen MR) is 87.1 cm³/mol. The van der Waals surface area contributed by atoms with Crippen molar-refractivity contribution in [3.63, 3.8) is 0 Å². The van der Waals surface area contributed by atoms with Gasteiger partial charge >= 0.3 is 5.97 Å². The molecule has 23 heavy (non-hydrogen) atoms. The molecule has 116 valence electrons. The minimum absolute atomic E-state index is 0.0708. The fourth-order valence-electron chi connectivity index (χ4n) is 1.78. The summed E-state index contributed by atoms with van der Waals surface area (Å²) in [5.74, 6) is -2.48. The highest BCUT2D eigenvalue weighted by molar-refractivity contribution is 7.19. The highest BCUT2D eigenvalue weighted by atomic mass is 32.1. The maximum Gasteiger partial charge on any atom is 0.331 e. The fourth-order valence-corrected chi connectivity index (χ4v) is 2.65. The van der Waals surface area contributed by atoms with Crippen molar-refractivity contribution in [2.45, 2.75) is 6.92 Å². The summed E-state index contributed by atoms with van der Waals surface area (Å²) in [5, 5.41) is 16.7. The Kier molecular flexibility index (Phi) is 5.33. The number of nitrogens with zero attached hydrogens (tertiary/aromatic N) is 2. The van der Waals surface area contributed by atoms with Crippen LogP contribution in [0.3, 0.4) is 0 Å². The van der Waals surface area contributed by atoms with Gasteiger partial charge in [-0.1, -0.05) is 12.1 Å². The number of esters is 1. The smallest absolute Gasteiger partial charge is 0.331 e. The lowest BCUT2D eigenvalue weighted by Crippen LogP contribution is -2.25. The average Bonchev–Trinajstić information content (AvgIpc) is 2.94. The number of hydrogen-bond donors (Lipinski definition) is 1. The van der Waals surface area contributed by atoms with E-state index in [4.69, 9.17) is 15.4 Å². The van der Waals surface area contributed by atoms with Gasteiger partial charge < -0.3 is 10.1 Å². The highest BCUT2D eigenvalue weighted by Crippen LogP contribution is 2.22. The molecule has 2 rings (SSSR count). The van der Waals surface area contributed by atoms with Crippen molar-refractivity contribution in [3.05, 3.63) is 35.3 Å². The van der Waals surface area contributed by atoms with Gasteiger partial charge in [0.1, 0.15) is 10.9 Å². The zero-order valence-corrected chi connectivity index (χ0v) is 13.1. The number of Topliss-reactive ketones (excluding diaryl/α,β-unsaturated/α-hetero) is 1. The lowest BCUT2D eigenvalue weighted by Gasteiger charge is -2.05. The third kappa shape index (κ3) is 4.31. The molecule has 7 heteroatoms. The number of fused-ring (bicyclic) bond motifs is 1. The Morgan fingerprint density at radius 3 is 2.87 bits per heavy atom. The number of carbonyl (C=O) groups is 2. The van der Waals surface area contributed by atoms with E-state index in [1.807, 2.05) is 24.3 Å². The van der Waals surface area contributed by atoms with Gasteiger partial charge in [0, 0.05) is 11.8 Å². The summed E-state index contributed by atoms with van der Waals surface area (Å²) >= 11 is 1.43. The molecule has 1 N–H and O–H groups in total. The first kappa shape index (κ1) is 16.5. The Hall–Kier alpha value is -2.85. The van der Waals surface area contributed by atoms with Crippen LogP contribution in [0.5, 0.6) is 0 Å². The van der Waals surface area contributed by atoms with Crippen LogP contribution in [0.2, 0.25) is 0 Å². The fraction of sp³-hybridized carbons (Fsp3) is 0.188. The summed E-state index contributed by atoms with van der Waals surface area (Å²) < 4.78 is 5.79. The van der Waals surface area contributed by atoms with Crippen LogP contribution in [-0.2, 0) is 14.3 Å². The number of thiazole rings is 1. The number of ketones is 1. The molecule has 1 aromatic carbocycles. The van der Waals surface area contributed by atoms with Crippen molar-refractivity contribution in [1.82, 2.24) is 4.98 Å². The molecule has 1 heterocycles. The molecule has 1 unspecified atom stereocenters. The third-order valence-electron chi connectivity index (χ3n) is 2.91. The highest BCUT2D eigenvalue weighted by Gasteiger charge is 2.20. The van der Waals surface area contributed by atoms with Crippen LogP contribution in [0, 0.1) is 22.7 Å². The second-order valence-electron chi connectivity index (χ2n) is 4.67. The number of rotatable bonds is 6. The normalized spacial score (nSPS) is 12.0. The molecule has 6 nitrogen and oxygen atoms in total. The largest absolute Gasteiger partial charge is 0.454 e. The lowest BCUT2D eigenvalue weighted by atomic mass is 10.0. The SMILES string of the molecule is CC(=N)C(C#N)C(=O)COC(=O)/C=C/c1nc2ccccc2s1. The van der Waals surface area contributed by atoms with Gasteiger partial charge in [-0.3, -0.25) is 4.79 Å². The molecule has 0 fully saturated rings. The standard InChI is InChI=1S/C16H13N3O3S/c1-10(18)11(8-17)13(20)9-22-16(21)7-6-15-19-12-4-2-3-5-14(12)23-15/h2-7,11,18H,9H2,1H3/b7-6+,18-10?. The quantitative estimate of drug-likeness (QED) is 0.499. The maximum absolute atomic E-state index is 11.6. The number of para-hydroxylation sites is 1. The summed E-state index contributed by atoms with van der Waals surface area (Å²) in [7, 11) is 0. The number of ether oxygens (including phenoxy) is 1. The first-order chi connectivity index (χ1) is 11.0. The molecule has 0 spiro atoms. The summed E-state index contributed by atoms with van der Waals surface area (Å²) in [6.45, 7) is 0.831. The van der Waals surface area contributed by atoms with E-state index < -0.39 is 24.3 Å². The second-order valence-corrected chi connectivity index (χ2v) is 5.73. The van der Waals surface area contributed by atoms with E-state index in [1.54, 1.807) is 6.07 Å². The number of carbonyl (C=O) groups excluding carboxylic acids is 2. The van der Waals surface area contributed by atoms with Crippen molar-refractivity contribution >= 4 is 45.1 Å². The number of hydrogen-bond acceptors (Lipinski definition) is 7. The number of nitrogens with one attached hydrogen (secondary N) is 1. The van der Waals surface area contributed by atoms with Gasteiger partial charge in [0.15, 0.2) is 12.4 Å². The Balaban J connectivity index is 1.93. The van der Waals surface area contributed by atoms with E-state index in [1.165, 1.54) is 30.4 Å². The van der Waals surface area contributed by atoms with Gasteiger partial charge in [-0.15, -0.1) is 11.3 Å². The van der Waals surface area contributed by atoms with Crippen molar-refractivity contribution in [2.24, 2.45) is 5.92 Å². The van der Waals surface area contributed by atoms with Crippen LogP contribution in [-0.4, -0.2) is 29.1 Å². The molecule has 0 radical (unpaired) electrons. The molecule has 0 saturated heterocycles. The molecular weight excluding hydrogens is 314 g/mol. The van der Waals surface area contributed by atoms with Gasteiger partial charge in [0.2, 0.25) is 0 Å². The number of nitriles is 1. The van der Waals surface area contributed by atoms with E-state index in [-0.39, 0.29) is 5.71 Å². The van der Waals surface area contributed by atoms with Gasteiger partial charge in [0.05, 0.1) is 16.3 Å². The maximum atomic E-state index is 11.6. The summed E-state index contributed by atoms with van der Waals surface area (Å²) in [6, 6.07) is 9.31. The van der Waals surface area contributed by atoms with Crippen molar-refractivity contribution in [3.8, 4) is 6.07 Å². The monoisotopic (exact) mass is 327 g/mol. The average molecular weight is 327 g/mol. The molecule has 1 atom stereocenters. The van der Waals surface area contributed by atoms with E-state index >= 15 is 0 Å². The Bertz CT molecular complexity index is 799. The molecular formula is C16H13N3O3S. The van der Waals surface area contributed by atoms with E-state index in [0.717, 1.165) is 10.2 Å². The first-order valence-electron chi connectivity index (χ1n) is 6.69. The van der Waals surface area contributed by atoms with Crippen LogP contribution >= 0.6 is 11.3 Å². The van der Waals surface area contributed by atoms with Crippen LogP contribution in [0.25, 0.3) is 16.3 Å². The summed E-state index contributed by atoms with van der Waals surface area (Å²) in [4.78, 5) is 27.6. The molecule has 2 aromatic rings. The van der Waals surface area contributed by atoms with Gasteiger partial charge in [-0.2, -0.15) is 5.26 Å². The molecule has 0 saturated carbocycles. The van der Waals surface area contributed by atoms with Gasteiger partial charge in [-0.25, -0.2) is 9.78 Å². The van der Waals surface area contributed by atoms with Crippen LogP contribution in [0.15, 0.2) is 30.3 Å². The van der Waals surface area contributed by atoms with E-state index in [2.05, 4.69) is 4.98 Å². The molecule has 0 aliphatic carbocycles. The van der Waals surface area contributed by atoms with E-state index in [0.29, 0.717) is 5.01 Å². The minimum atomic E-state index is -1.17. The predicted octanol–water partition coefficient (Wildman–Crippen LogP) is 2.60. The third-order valence-corrected chi connectivity index (χ3v) is 3.91. The first-order valence-corrected chi connectivity index (χ1v) is 7.50. The zero-order chi connectivity index (χ0) is 16.8. The number of benzene rings is 1. The number of aromatic nitrogens is 1. The van der Waals surface area contributed by atoms with Crippen molar-refractivity contribution in [1.29, 1.82) is 10.7 Å². The topological polar surface area (TPSA) is 104 Å². The summed E-state index contributed by atoms with van der Waals surface area (Å²) in [5.41, 5.74) is 0.776. The lowest BCUT2D eigenvalue weighted by molar-refractivity contribution is -0.143. The van der Waals surface area contributed by atoms with Crippen molar-refractivity contribution < 1.29 is 14.3 Å². The summed E-state index contributed by atoms with van der Waals surface area (Å²) in [6.07, 6.45) is 2.70. The Morgan fingerprint density at radius 2 is 2.22 bits per heavy atom. The molecule has 1 aromatic heterocycles. The zero-order valence-electron chi connectivity index (χ0n) is 12.3. The van der Waals surface area contributed by atoms with Crippen molar-refractivity contribution in [2.75, 3.05) is 6.61 Å². The van der Waals surface area contributed by atoms with Gasteiger partial charge in [0.25, 0.3) is 0 Å². The minimum Gasteiger partial charge on any atom is -0.454 e. The van der Waals surface area contributed by atoms with Crippen LogP contribution < -0.4 is 0 Å². The molecule has 0 aliphatic heterocycles. The molecule has 0 amide bonds. The Morgan fingerprint density at radius 1 is 1.48 bits per heavy atom. The molecule has 0 aliphatic rings. The van der Waals surface area contributed by atoms with Crippen LogP contribution in [0.4, 0.5) is 0 Å².